The number of hydrogen-bond donors (Lipinski definition) is 2. The van der Waals surface area contributed by atoms with Crippen molar-refractivity contribution in [1.82, 2.24) is 4.98 Å². The van der Waals surface area contributed by atoms with Crippen LogP contribution in [0.3, 0.4) is 0 Å². The lowest BCUT2D eigenvalue weighted by Crippen LogP contribution is -2.37. The number of benzene rings is 1. The zero-order chi connectivity index (χ0) is 15.0. The molecule has 4 heteroatoms. The summed E-state index contributed by atoms with van der Waals surface area (Å²) < 4.78 is 5.92. The molecule has 2 aromatic rings. The van der Waals surface area contributed by atoms with E-state index < -0.39 is 11.6 Å². The molecule has 4 nitrogen and oxygen atoms in total. The number of aromatic amines is 1. The average molecular weight is 285 g/mol. The van der Waals surface area contributed by atoms with Crippen molar-refractivity contribution in [1.29, 1.82) is 0 Å². The minimum atomic E-state index is -0.840. The van der Waals surface area contributed by atoms with E-state index in [1.165, 1.54) is 5.56 Å². The highest BCUT2D eigenvalue weighted by molar-refractivity contribution is 5.92. The van der Waals surface area contributed by atoms with Gasteiger partial charge in [-0.2, -0.15) is 0 Å². The quantitative estimate of drug-likeness (QED) is 0.904. The van der Waals surface area contributed by atoms with Gasteiger partial charge in [0.25, 0.3) is 0 Å². The molecule has 1 aromatic heterocycles. The molecule has 0 radical (unpaired) electrons. The summed E-state index contributed by atoms with van der Waals surface area (Å²) in [6, 6.07) is 6.08. The molecule has 1 aromatic carbocycles. The Morgan fingerprint density at radius 3 is 3.05 bits per heavy atom. The Labute approximate surface area is 123 Å². The third kappa shape index (κ3) is 2.07. The topological polar surface area (TPSA) is 62.3 Å². The number of H-pyrrole nitrogens is 1. The van der Waals surface area contributed by atoms with Crippen LogP contribution in [0.1, 0.15) is 36.6 Å². The summed E-state index contributed by atoms with van der Waals surface area (Å²) in [7, 11) is 0. The molecule has 1 atom stereocenters. The number of ether oxygens (including phenoxy) is 1. The maximum Gasteiger partial charge on any atom is 0.306 e. The molecule has 0 amide bonds. The second kappa shape index (κ2) is 5.04. The first-order valence-corrected chi connectivity index (χ1v) is 7.23. The summed E-state index contributed by atoms with van der Waals surface area (Å²) >= 11 is 0. The van der Waals surface area contributed by atoms with Crippen LogP contribution in [0.5, 0.6) is 0 Å². The van der Waals surface area contributed by atoms with Gasteiger partial charge < -0.3 is 14.8 Å². The van der Waals surface area contributed by atoms with Crippen molar-refractivity contribution in [3.8, 4) is 0 Å². The summed E-state index contributed by atoms with van der Waals surface area (Å²) in [6.07, 6.45) is 3.22. The maximum absolute atomic E-state index is 11.3. The zero-order valence-corrected chi connectivity index (χ0v) is 12.1. The Morgan fingerprint density at radius 2 is 2.38 bits per heavy atom. The molecule has 1 aliphatic heterocycles. The van der Waals surface area contributed by atoms with Gasteiger partial charge in [0.1, 0.15) is 5.60 Å². The Bertz CT molecular complexity index is 716. The second-order valence-corrected chi connectivity index (χ2v) is 5.47. The summed E-state index contributed by atoms with van der Waals surface area (Å²) in [5.41, 5.74) is 3.40. The Balaban J connectivity index is 2.26. The van der Waals surface area contributed by atoms with E-state index in [4.69, 9.17) is 4.74 Å². The first-order valence-electron chi connectivity index (χ1n) is 7.23. The monoisotopic (exact) mass is 285 g/mol. The van der Waals surface area contributed by atoms with Gasteiger partial charge in [-0.05, 0) is 24.0 Å². The van der Waals surface area contributed by atoms with Crippen molar-refractivity contribution in [2.24, 2.45) is 0 Å². The second-order valence-electron chi connectivity index (χ2n) is 5.47. The smallest absolute Gasteiger partial charge is 0.306 e. The molecule has 0 aliphatic carbocycles. The van der Waals surface area contributed by atoms with Crippen molar-refractivity contribution < 1.29 is 14.6 Å². The van der Waals surface area contributed by atoms with Crippen LogP contribution >= 0.6 is 0 Å². The maximum atomic E-state index is 11.3. The number of carboxylic acid groups (broad SMARTS) is 1. The third-order valence-electron chi connectivity index (χ3n) is 4.39. The first-order chi connectivity index (χ1) is 10.1. The van der Waals surface area contributed by atoms with E-state index in [1.807, 2.05) is 25.1 Å². The lowest BCUT2D eigenvalue weighted by Gasteiger charge is -2.35. The van der Waals surface area contributed by atoms with Crippen LogP contribution in [0.15, 0.2) is 24.8 Å². The zero-order valence-electron chi connectivity index (χ0n) is 12.1. The fraction of sp³-hybridized carbons (Fsp3) is 0.353. The number of rotatable bonds is 4. The number of carboxylic acids is 1. The standard InChI is InChI=1S/C17H19NO3/c1-3-11-6-5-7-12-13-8-9-21-17(4-2,10-14(19)20)16(13)18-15(11)12/h3,5-7,18H,1,4,8-10H2,2H3,(H,19,20). The van der Waals surface area contributed by atoms with E-state index in [9.17, 15) is 9.90 Å². The van der Waals surface area contributed by atoms with Gasteiger partial charge >= 0.3 is 5.97 Å². The number of nitrogens with one attached hydrogen (secondary N) is 1. The van der Waals surface area contributed by atoms with Gasteiger partial charge in [0.2, 0.25) is 0 Å². The van der Waals surface area contributed by atoms with Crippen molar-refractivity contribution in [2.75, 3.05) is 6.61 Å². The number of aromatic nitrogens is 1. The van der Waals surface area contributed by atoms with E-state index in [0.717, 1.165) is 28.6 Å². The predicted molar refractivity (Wildman–Crippen MR) is 82.3 cm³/mol. The third-order valence-corrected chi connectivity index (χ3v) is 4.39. The summed E-state index contributed by atoms with van der Waals surface area (Å²) in [4.78, 5) is 14.7. The van der Waals surface area contributed by atoms with E-state index >= 15 is 0 Å². The summed E-state index contributed by atoms with van der Waals surface area (Å²) in [5, 5.41) is 10.4. The van der Waals surface area contributed by atoms with Crippen LogP contribution in [0, 0.1) is 0 Å². The molecule has 21 heavy (non-hydrogen) atoms. The van der Waals surface area contributed by atoms with Gasteiger partial charge in [0.05, 0.1) is 24.2 Å². The minimum Gasteiger partial charge on any atom is -0.481 e. The van der Waals surface area contributed by atoms with E-state index in [-0.39, 0.29) is 6.42 Å². The lowest BCUT2D eigenvalue weighted by atomic mass is 9.86. The number of para-hydroxylation sites is 1. The Kier molecular flexibility index (Phi) is 3.33. The fourth-order valence-electron chi connectivity index (χ4n) is 3.32. The largest absolute Gasteiger partial charge is 0.481 e. The van der Waals surface area contributed by atoms with Crippen LogP contribution in [-0.4, -0.2) is 22.7 Å². The number of hydrogen-bond acceptors (Lipinski definition) is 2. The molecule has 0 spiro atoms. The van der Waals surface area contributed by atoms with Gasteiger partial charge in [-0.15, -0.1) is 0 Å². The van der Waals surface area contributed by atoms with Gasteiger partial charge in [-0.25, -0.2) is 0 Å². The van der Waals surface area contributed by atoms with Gasteiger partial charge in [-0.3, -0.25) is 4.79 Å². The van der Waals surface area contributed by atoms with Crippen LogP contribution in [-0.2, 0) is 21.6 Å². The first kappa shape index (κ1) is 13.9. The molecular weight excluding hydrogens is 266 g/mol. The molecule has 1 unspecified atom stereocenters. The van der Waals surface area contributed by atoms with E-state index in [2.05, 4.69) is 17.6 Å². The lowest BCUT2D eigenvalue weighted by molar-refractivity contribution is -0.148. The molecule has 3 rings (SSSR count). The van der Waals surface area contributed by atoms with Crippen LogP contribution in [0.2, 0.25) is 0 Å². The highest BCUT2D eigenvalue weighted by atomic mass is 16.5. The van der Waals surface area contributed by atoms with Gasteiger partial charge in [-0.1, -0.05) is 37.8 Å². The highest BCUT2D eigenvalue weighted by Crippen LogP contribution is 2.42. The molecule has 2 heterocycles. The summed E-state index contributed by atoms with van der Waals surface area (Å²) in [5.74, 6) is -0.840. The van der Waals surface area contributed by atoms with Crippen LogP contribution in [0.25, 0.3) is 17.0 Å². The average Bonchev–Trinajstić information content (AvgIpc) is 2.87. The molecule has 110 valence electrons. The summed E-state index contributed by atoms with van der Waals surface area (Å²) in [6.45, 7) is 6.37. The Hall–Kier alpha value is -2.07. The molecule has 0 bridgehead atoms. The number of aliphatic carboxylic acids is 1. The van der Waals surface area contributed by atoms with Crippen molar-refractivity contribution in [3.63, 3.8) is 0 Å². The minimum absolute atomic E-state index is 0.0211. The van der Waals surface area contributed by atoms with Gasteiger partial charge in [0, 0.05) is 5.39 Å². The van der Waals surface area contributed by atoms with E-state index in [0.29, 0.717) is 13.0 Å². The molecule has 0 fully saturated rings. The molecule has 0 saturated carbocycles. The van der Waals surface area contributed by atoms with Crippen LogP contribution < -0.4 is 0 Å². The molecule has 2 N–H and O–H groups in total. The van der Waals surface area contributed by atoms with Crippen molar-refractivity contribution in [2.45, 2.75) is 31.8 Å². The number of fused-ring (bicyclic) bond motifs is 3. The fourth-order valence-corrected chi connectivity index (χ4v) is 3.32. The SMILES string of the molecule is C=Cc1cccc2c3c([nH]c12)C(CC)(CC(=O)O)OCC3. The molecule has 1 aliphatic rings. The predicted octanol–water partition coefficient (Wildman–Crippen LogP) is 3.46. The number of carbonyl (C=O) groups is 1. The van der Waals surface area contributed by atoms with Crippen LogP contribution in [0.4, 0.5) is 0 Å². The molecule has 0 saturated heterocycles. The van der Waals surface area contributed by atoms with Crippen molar-refractivity contribution in [3.05, 3.63) is 41.6 Å². The van der Waals surface area contributed by atoms with E-state index in [1.54, 1.807) is 0 Å². The Morgan fingerprint density at radius 1 is 1.57 bits per heavy atom. The molecular formula is C17H19NO3. The normalized spacial score (nSPS) is 21.2. The highest BCUT2D eigenvalue weighted by Gasteiger charge is 2.40. The van der Waals surface area contributed by atoms with Gasteiger partial charge in [0.15, 0.2) is 0 Å². The van der Waals surface area contributed by atoms with Crippen molar-refractivity contribution >= 4 is 22.9 Å².